The number of aliphatic hydroxyl groups excluding tert-OH is 1. The molecule has 2 aromatic rings. The summed E-state index contributed by atoms with van der Waals surface area (Å²) in [6.07, 6.45) is 2.14. The number of unbranched alkanes of at least 4 members (excludes halogenated alkanes) is 1. The molecule has 0 bridgehead atoms. The van der Waals surface area contributed by atoms with E-state index in [0.717, 1.165) is 9.87 Å². The first-order valence-corrected chi connectivity index (χ1v) is 14.6. The third-order valence-corrected chi connectivity index (χ3v) is 8.17. The molecule has 0 unspecified atom stereocenters. The molecule has 0 heterocycles. The molecule has 0 aliphatic heterocycles. The minimum absolute atomic E-state index is 0.0912. The van der Waals surface area contributed by atoms with Crippen molar-refractivity contribution in [2.45, 2.75) is 62.6 Å². The van der Waals surface area contributed by atoms with Gasteiger partial charge in [-0.2, -0.15) is 4.31 Å². The van der Waals surface area contributed by atoms with Gasteiger partial charge in [0, 0.05) is 24.7 Å². The Labute approximate surface area is 238 Å². The lowest BCUT2D eigenvalue weighted by Crippen LogP contribution is -2.58. The molecule has 0 saturated carbocycles. The first kappa shape index (κ1) is 32.9. The molecule has 0 aromatic heterocycles. The summed E-state index contributed by atoms with van der Waals surface area (Å²) in [4.78, 5) is 13.5. The molecule has 1 amide bonds. The monoisotopic (exact) mass is 574 g/mol. The first-order valence-electron chi connectivity index (χ1n) is 13.1. The van der Waals surface area contributed by atoms with Gasteiger partial charge in [-0.1, -0.05) is 42.5 Å². The highest BCUT2D eigenvalue weighted by atomic mass is 32.2. The van der Waals surface area contributed by atoms with E-state index in [9.17, 15) is 23.4 Å². The Hall–Kier alpha value is -3.34. The molecular formula is C30H42N2O7S. The highest BCUT2D eigenvalue weighted by molar-refractivity contribution is 7.89. The maximum absolute atomic E-state index is 13.9. The summed E-state index contributed by atoms with van der Waals surface area (Å²) in [6, 6.07) is 12.7. The molecule has 0 spiro atoms. The number of carbonyl (C=O) groups is 1. The second-order valence-electron chi connectivity index (χ2n) is 10.4. The van der Waals surface area contributed by atoms with Crippen LogP contribution < -0.4 is 9.47 Å². The van der Waals surface area contributed by atoms with Crippen molar-refractivity contribution >= 4 is 16.1 Å². The Morgan fingerprint density at radius 1 is 1.10 bits per heavy atom. The van der Waals surface area contributed by atoms with Gasteiger partial charge in [0.15, 0.2) is 0 Å². The molecule has 220 valence electrons. The van der Waals surface area contributed by atoms with Gasteiger partial charge in [0.25, 0.3) is 0 Å². The Bertz CT molecular complexity index is 1230. The van der Waals surface area contributed by atoms with Crippen LogP contribution in [0.2, 0.25) is 0 Å². The summed E-state index contributed by atoms with van der Waals surface area (Å²) < 4.78 is 40.1. The van der Waals surface area contributed by atoms with Crippen LogP contribution in [0.25, 0.3) is 0 Å². The molecule has 10 heteroatoms. The lowest BCUT2D eigenvalue weighted by atomic mass is 9.94. The second kappa shape index (κ2) is 14.9. The number of sulfonamides is 1. The quantitative estimate of drug-likeness (QED) is 0.215. The maximum Gasteiger partial charge on any atom is 0.408 e. The van der Waals surface area contributed by atoms with E-state index in [2.05, 4.69) is 13.2 Å². The molecule has 0 aliphatic rings. The van der Waals surface area contributed by atoms with Crippen molar-refractivity contribution in [1.29, 1.82) is 0 Å². The molecule has 2 aromatic carbocycles. The van der Waals surface area contributed by atoms with Crippen LogP contribution >= 0.6 is 0 Å². The number of benzene rings is 2. The van der Waals surface area contributed by atoms with Crippen LogP contribution in [0.5, 0.6) is 11.5 Å². The molecule has 0 fully saturated rings. The topological polar surface area (TPSA) is 117 Å². The van der Waals surface area contributed by atoms with E-state index in [0.29, 0.717) is 18.6 Å². The van der Waals surface area contributed by atoms with E-state index in [1.165, 1.54) is 36.3 Å². The number of amides is 1. The van der Waals surface area contributed by atoms with Crippen molar-refractivity contribution in [2.24, 2.45) is 0 Å². The SMILES string of the molecule is C=CCCCOc1cc(OC)ccc1S(=O)(=O)N(CC=C)C[C@@H](O)[C@H](Cc1ccccc1)N(C(=O)O)C(C)(C)C. The van der Waals surface area contributed by atoms with E-state index in [1.54, 1.807) is 26.8 Å². The molecular weight excluding hydrogens is 532 g/mol. The van der Waals surface area contributed by atoms with Gasteiger partial charge in [0.1, 0.15) is 16.4 Å². The van der Waals surface area contributed by atoms with Gasteiger partial charge in [-0.25, -0.2) is 13.2 Å². The summed E-state index contributed by atoms with van der Waals surface area (Å²) in [5, 5.41) is 21.6. The molecule has 9 nitrogen and oxygen atoms in total. The smallest absolute Gasteiger partial charge is 0.408 e. The van der Waals surface area contributed by atoms with Crippen molar-refractivity contribution in [3.8, 4) is 11.5 Å². The summed E-state index contributed by atoms with van der Waals surface area (Å²) in [5.41, 5.74) is -0.0536. The van der Waals surface area contributed by atoms with Gasteiger partial charge in [-0.15, -0.1) is 13.2 Å². The zero-order valence-electron chi connectivity index (χ0n) is 23.8. The maximum atomic E-state index is 13.9. The molecule has 2 rings (SSSR count). The van der Waals surface area contributed by atoms with Gasteiger partial charge in [0.2, 0.25) is 10.0 Å². The zero-order valence-corrected chi connectivity index (χ0v) is 24.6. The molecule has 2 atom stereocenters. The molecule has 40 heavy (non-hydrogen) atoms. The first-order chi connectivity index (χ1) is 18.9. The number of methoxy groups -OCH3 is 1. The minimum atomic E-state index is -4.21. The standard InChI is InChI=1S/C30H42N2O7S/c1-7-9-13-19-39-27-21-24(38-6)16-17-28(27)40(36,37)31(18-8-2)22-26(33)25(20-23-14-11-10-12-15-23)32(29(34)35)30(3,4)5/h7-8,10-12,14-17,21,25-26,33H,1-2,9,13,18-20,22H2,3-6H3,(H,34,35)/t25-,26+/m0/s1. The summed E-state index contributed by atoms with van der Waals surface area (Å²) >= 11 is 0. The van der Waals surface area contributed by atoms with Crippen LogP contribution in [-0.2, 0) is 16.4 Å². The van der Waals surface area contributed by atoms with Crippen molar-refractivity contribution in [1.82, 2.24) is 9.21 Å². The van der Waals surface area contributed by atoms with Crippen LogP contribution in [-0.4, -0.2) is 78.4 Å². The van der Waals surface area contributed by atoms with Crippen LogP contribution in [0, 0.1) is 0 Å². The Balaban J connectivity index is 2.49. The fraction of sp³-hybridized carbons (Fsp3) is 0.433. The predicted octanol–water partition coefficient (Wildman–Crippen LogP) is 4.97. The van der Waals surface area contributed by atoms with Crippen LogP contribution in [0.15, 0.2) is 78.7 Å². The van der Waals surface area contributed by atoms with Gasteiger partial charge in [0.05, 0.1) is 25.9 Å². The number of rotatable bonds is 16. The lowest BCUT2D eigenvalue weighted by Gasteiger charge is -2.42. The van der Waals surface area contributed by atoms with E-state index in [1.807, 2.05) is 30.3 Å². The average Bonchev–Trinajstić information content (AvgIpc) is 2.89. The van der Waals surface area contributed by atoms with Crippen LogP contribution in [0.4, 0.5) is 4.79 Å². The highest BCUT2D eigenvalue weighted by Crippen LogP contribution is 2.32. The number of nitrogens with zero attached hydrogens (tertiary/aromatic N) is 2. The molecule has 0 saturated heterocycles. The van der Waals surface area contributed by atoms with E-state index in [-0.39, 0.29) is 36.8 Å². The third kappa shape index (κ3) is 8.84. The van der Waals surface area contributed by atoms with E-state index >= 15 is 0 Å². The Morgan fingerprint density at radius 3 is 2.33 bits per heavy atom. The average molecular weight is 575 g/mol. The third-order valence-electron chi connectivity index (χ3n) is 6.29. The lowest BCUT2D eigenvalue weighted by molar-refractivity contribution is 0.00183. The van der Waals surface area contributed by atoms with Gasteiger partial charge < -0.3 is 19.7 Å². The number of ether oxygens (including phenoxy) is 2. The molecule has 2 N–H and O–H groups in total. The zero-order chi connectivity index (χ0) is 29.9. The summed E-state index contributed by atoms with van der Waals surface area (Å²) in [6.45, 7) is 12.4. The predicted molar refractivity (Wildman–Crippen MR) is 156 cm³/mol. The highest BCUT2D eigenvalue weighted by Gasteiger charge is 2.39. The Morgan fingerprint density at radius 2 is 1.77 bits per heavy atom. The van der Waals surface area contributed by atoms with E-state index in [4.69, 9.17) is 9.47 Å². The fourth-order valence-electron chi connectivity index (χ4n) is 4.42. The number of hydrogen-bond donors (Lipinski definition) is 2. The summed E-state index contributed by atoms with van der Waals surface area (Å²) in [5.74, 6) is 0.549. The van der Waals surface area contributed by atoms with Crippen LogP contribution in [0.3, 0.4) is 0 Å². The fourth-order valence-corrected chi connectivity index (χ4v) is 5.96. The molecule has 0 radical (unpaired) electrons. The van der Waals surface area contributed by atoms with Gasteiger partial charge >= 0.3 is 6.09 Å². The van der Waals surface area contributed by atoms with Crippen molar-refractivity contribution in [2.75, 3.05) is 26.8 Å². The van der Waals surface area contributed by atoms with Crippen molar-refractivity contribution < 1.29 is 32.9 Å². The second-order valence-corrected chi connectivity index (χ2v) is 12.3. The van der Waals surface area contributed by atoms with Gasteiger partial charge in [-0.05, 0) is 57.7 Å². The summed E-state index contributed by atoms with van der Waals surface area (Å²) in [7, 11) is -2.74. The van der Waals surface area contributed by atoms with Gasteiger partial charge in [-0.3, -0.25) is 4.90 Å². The minimum Gasteiger partial charge on any atom is -0.497 e. The largest absolute Gasteiger partial charge is 0.497 e. The normalized spacial score (nSPS) is 13.3. The number of allylic oxidation sites excluding steroid dienone is 1. The van der Waals surface area contributed by atoms with Crippen molar-refractivity contribution in [3.05, 3.63) is 79.4 Å². The van der Waals surface area contributed by atoms with E-state index < -0.39 is 33.8 Å². The number of aliphatic hydroxyl groups is 1. The number of hydrogen-bond acceptors (Lipinski definition) is 6. The molecule has 0 aliphatic carbocycles. The van der Waals surface area contributed by atoms with Crippen LogP contribution in [0.1, 0.15) is 39.2 Å². The Kier molecular flexibility index (Phi) is 12.2. The number of carboxylic acid groups (broad SMARTS) is 1. The van der Waals surface area contributed by atoms with Crippen molar-refractivity contribution in [3.63, 3.8) is 0 Å².